The smallest absolute Gasteiger partial charge is 0.245 e. The highest BCUT2D eigenvalue weighted by atomic mass is 33.1. The maximum atomic E-state index is 14.8. The maximum absolute atomic E-state index is 14.8. The van der Waals surface area contributed by atoms with E-state index in [1.165, 1.54) is 59.0 Å². The quantitative estimate of drug-likeness (QED) is 0.0399. The third kappa shape index (κ3) is 21.1. The molecule has 1 aliphatic rings. The van der Waals surface area contributed by atoms with Gasteiger partial charge in [0.25, 0.3) is 0 Å². The van der Waals surface area contributed by atoms with Crippen LogP contribution in [0.15, 0.2) is 121 Å². The van der Waals surface area contributed by atoms with E-state index >= 15 is 0 Å². The van der Waals surface area contributed by atoms with Crippen LogP contribution in [0.5, 0.6) is 5.75 Å². The Morgan fingerprint density at radius 2 is 1.41 bits per heavy atom. The van der Waals surface area contributed by atoms with Crippen LogP contribution < -0.4 is 60.2 Å². The first kappa shape index (κ1) is 63.0. The number of amides is 8. The largest absolute Gasteiger partial charge is 0.508 e. The number of hydrogen-bond donors (Lipinski definition) is 13. The van der Waals surface area contributed by atoms with E-state index in [-0.39, 0.29) is 55.2 Å². The number of aliphatic hydroxyl groups excluding tert-OH is 1. The molecular formula is C53H68N12O10S4. The van der Waals surface area contributed by atoms with Crippen LogP contribution in [0.3, 0.4) is 0 Å². The van der Waals surface area contributed by atoms with Gasteiger partial charge in [0.2, 0.25) is 47.3 Å². The van der Waals surface area contributed by atoms with E-state index in [1.54, 1.807) is 85.1 Å². The van der Waals surface area contributed by atoms with E-state index in [0.717, 1.165) is 27.2 Å². The summed E-state index contributed by atoms with van der Waals surface area (Å²) in [5.41, 5.74) is 26.3. The summed E-state index contributed by atoms with van der Waals surface area (Å²) in [6, 6.07) is 17.5. The van der Waals surface area contributed by atoms with Crippen LogP contribution in [0.2, 0.25) is 0 Å². The number of aromatic nitrogens is 1. The van der Waals surface area contributed by atoms with Gasteiger partial charge in [-0.05, 0) is 103 Å². The first-order valence-electron chi connectivity index (χ1n) is 25.2. The molecule has 0 aliphatic carbocycles. The lowest BCUT2D eigenvalue weighted by atomic mass is 9.97. The van der Waals surface area contributed by atoms with E-state index < -0.39 is 102 Å². The standard InChI is InChI=1S/C53H68N12O10S4/c1-31(66)45-53(75)64-43(52(74)62-41(46(57)68)28-78-79-44-17-9-11-23-58-44)30-77-76-29-42(63-47(69)37(56)24-32-12-4-2-5-13-32)51(73)60-39(25-33-18-20-36(67)21-19-33)49(71)61-40(26-35(27-55)34-14-6-3-7-15-34)50(72)59-38(48(70)65-45)16-8-10-22-54/h2-7,9,11-15,17-21,23,27,31,37-43,45,66-67H,8,10,16,22,24-26,28-30,54-56H2,1H3,(H2,57,68)(H,59,72)(H,60,73)(H,61,71)(H,62,74)(H,63,69)(H,64,75)(H,65,70)/b35-27-/t31-,37-,38+,39+,40?,41+,42+,43?,45+/m1/s1. The summed E-state index contributed by atoms with van der Waals surface area (Å²) in [7, 11) is 4.41. The summed E-state index contributed by atoms with van der Waals surface area (Å²) < 4.78 is 0. The molecular weight excluding hydrogens is 1090 g/mol. The predicted molar refractivity (Wildman–Crippen MR) is 308 cm³/mol. The van der Waals surface area contributed by atoms with E-state index in [0.29, 0.717) is 34.6 Å². The second-order valence-corrected chi connectivity index (χ2v) is 23.2. The summed E-state index contributed by atoms with van der Waals surface area (Å²) in [4.78, 5) is 118. The number of carbonyl (C=O) groups excluding carboxylic acids is 8. The van der Waals surface area contributed by atoms with Gasteiger partial charge in [-0.15, -0.1) is 0 Å². The van der Waals surface area contributed by atoms with Gasteiger partial charge in [-0.2, -0.15) is 0 Å². The zero-order valence-electron chi connectivity index (χ0n) is 43.3. The number of phenols is 1. The van der Waals surface area contributed by atoms with Gasteiger partial charge in [-0.25, -0.2) is 4.98 Å². The van der Waals surface area contributed by atoms with Crippen molar-refractivity contribution in [3.8, 4) is 5.75 Å². The second kappa shape index (κ2) is 32.9. The molecule has 2 heterocycles. The van der Waals surface area contributed by atoms with Crippen molar-refractivity contribution in [2.45, 2.75) is 105 Å². The molecule has 8 amide bonds. The van der Waals surface area contributed by atoms with Gasteiger partial charge >= 0.3 is 0 Å². The molecule has 9 atom stereocenters. The number of hydrogen-bond acceptors (Lipinski definition) is 18. The topological polar surface area (TPSA) is 378 Å². The average molecular weight is 1160 g/mol. The summed E-state index contributed by atoms with van der Waals surface area (Å²) in [5, 5.41) is 40.4. The number of benzene rings is 3. The van der Waals surface area contributed by atoms with Gasteiger partial charge in [-0.1, -0.05) is 111 Å². The summed E-state index contributed by atoms with van der Waals surface area (Å²) in [6.45, 7) is 1.47. The average Bonchev–Trinajstić information content (AvgIpc) is 3.44. The molecule has 1 aromatic heterocycles. The van der Waals surface area contributed by atoms with Gasteiger partial charge in [0, 0.05) is 36.3 Å². The molecule has 0 saturated carbocycles. The number of aliphatic hydroxyl groups is 1. The highest BCUT2D eigenvalue weighted by Crippen LogP contribution is 2.30. The zero-order valence-corrected chi connectivity index (χ0v) is 46.6. The van der Waals surface area contributed by atoms with Gasteiger partial charge in [0.05, 0.1) is 12.1 Å². The predicted octanol–water partition coefficient (Wildman–Crippen LogP) is 0.514. The Labute approximate surface area is 473 Å². The van der Waals surface area contributed by atoms with Gasteiger partial charge < -0.3 is 70.4 Å². The van der Waals surface area contributed by atoms with Crippen LogP contribution in [-0.4, -0.2) is 141 Å². The van der Waals surface area contributed by atoms with Crippen molar-refractivity contribution in [2.75, 3.05) is 23.8 Å². The number of carbonyl (C=O) groups is 8. The number of rotatable bonds is 21. The maximum Gasteiger partial charge on any atom is 0.245 e. The molecule has 2 unspecified atom stereocenters. The highest BCUT2D eigenvalue weighted by Gasteiger charge is 2.37. The molecule has 17 N–H and O–H groups in total. The molecule has 3 aromatic carbocycles. The summed E-state index contributed by atoms with van der Waals surface area (Å²) in [5.74, 6) is -7.53. The van der Waals surface area contributed by atoms with Crippen LogP contribution in [0, 0.1) is 0 Å². The molecule has 0 spiro atoms. The Bertz CT molecular complexity index is 2680. The molecule has 0 bridgehead atoms. The molecule has 0 radical (unpaired) electrons. The highest BCUT2D eigenvalue weighted by molar-refractivity contribution is 8.77. The number of phenolic OH excluding ortho intramolecular Hbond substituents is 1. The molecule has 4 aromatic rings. The summed E-state index contributed by atoms with van der Waals surface area (Å²) >= 11 is 0. The number of pyridine rings is 1. The van der Waals surface area contributed by atoms with Crippen LogP contribution in [-0.2, 0) is 51.2 Å². The van der Waals surface area contributed by atoms with E-state index in [4.69, 9.17) is 22.9 Å². The zero-order chi connectivity index (χ0) is 57.3. The lowest BCUT2D eigenvalue weighted by Crippen LogP contribution is -2.62. The summed E-state index contributed by atoms with van der Waals surface area (Å²) in [6.07, 6.45) is 1.68. The lowest BCUT2D eigenvalue weighted by Gasteiger charge is -2.29. The van der Waals surface area contributed by atoms with Gasteiger partial charge in [0.15, 0.2) is 0 Å². The van der Waals surface area contributed by atoms with Crippen molar-refractivity contribution in [3.05, 3.63) is 132 Å². The normalized spacial score (nSPS) is 21.3. The van der Waals surface area contributed by atoms with Gasteiger partial charge in [-0.3, -0.25) is 38.4 Å². The van der Waals surface area contributed by atoms with E-state index in [1.807, 2.05) is 0 Å². The number of nitrogens with zero attached hydrogens (tertiary/aromatic N) is 1. The van der Waals surface area contributed by atoms with Crippen molar-refractivity contribution in [2.24, 2.45) is 22.9 Å². The number of unbranched alkanes of at least 4 members (excludes halogenated alkanes) is 1. The minimum atomic E-state index is -1.72. The first-order valence-corrected chi connectivity index (χ1v) is 30.0. The Kier molecular flexibility index (Phi) is 26.3. The molecule has 26 heteroatoms. The Balaban J connectivity index is 1.56. The Morgan fingerprint density at radius 3 is 2.05 bits per heavy atom. The number of primary amides is 1. The van der Waals surface area contributed by atoms with Crippen LogP contribution in [0.25, 0.3) is 5.57 Å². The molecule has 22 nitrogen and oxygen atoms in total. The fourth-order valence-corrected chi connectivity index (χ4v) is 12.2. The Hall–Kier alpha value is -6.81. The molecule has 424 valence electrons. The number of nitrogens with two attached hydrogens (primary N) is 4. The number of nitrogens with one attached hydrogen (secondary N) is 7. The SMILES string of the molecule is C[C@@H](O)[C@@H]1NC(=O)[C@H](CCCCN)NC(=O)C(C/C(=C/N)c2ccccc2)NC(=O)[C@H](Cc2ccc(O)cc2)NC(=O)[C@@H](NC(=O)[C@H](N)Cc2ccccc2)CSSCC(C(=O)N[C@@H](CSSc2ccccn2)C(N)=O)NC1=O. The number of aromatic hydroxyl groups is 1. The van der Waals surface area contributed by atoms with E-state index in [9.17, 15) is 48.6 Å². The van der Waals surface area contributed by atoms with Crippen molar-refractivity contribution in [1.82, 2.24) is 42.2 Å². The van der Waals surface area contributed by atoms with Crippen LogP contribution in [0.1, 0.15) is 49.3 Å². The molecule has 1 aliphatic heterocycles. The minimum absolute atomic E-state index is 0.0138. The van der Waals surface area contributed by atoms with Gasteiger partial charge in [0.1, 0.15) is 53.1 Å². The third-order valence-electron chi connectivity index (χ3n) is 12.2. The third-order valence-corrected chi connectivity index (χ3v) is 16.9. The second-order valence-electron chi connectivity index (χ2n) is 18.3. The molecule has 1 saturated heterocycles. The van der Waals surface area contributed by atoms with Crippen molar-refractivity contribution in [3.63, 3.8) is 0 Å². The Morgan fingerprint density at radius 1 is 0.772 bits per heavy atom. The minimum Gasteiger partial charge on any atom is -0.508 e. The van der Waals surface area contributed by atoms with Crippen molar-refractivity contribution < 1.29 is 48.6 Å². The van der Waals surface area contributed by atoms with Crippen molar-refractivity contribution in [1.29, 1.82) is 0 Å². The fraction of sp³-hybridized carbons (Fsp3) is 0.377. The molecule has 5 rings (SSSR count). The van der Waals surface area contributed by atoms with E-state index in [2.05, 4.69) is 42.2 Å². The first-order chi connectivity index (χ1) is 38.0. The molecule has 79 heavy (non-hydrogen) atoms. The lowest BCUT2D eigenvalue weighted by molar-refractivity contribution is -0.136. The fourth-order valence-electron chi connectivity index (χ4n) is 7.80. The van der Waals surface area contributed by atoms with Crippen LogP contribution in [0.4, 0.5) is 0 Å². The monoisotopic (exact) mass is 1160 g/mol. The van der Waals surface area contributed by atoms with Crippen molar-refractivity contribution >= 4 is 96.0 Å². The molecule has 1 fully saturated rings. The van der Waals surface area contributed by atoms with Crippen LogP contribution >= 0.6 is 43.2 Å².